The number of aliphatic hydroxyl groups is 1. The van der Waals surface area contributed by atoms with Crippen molar-refractivity contribution < 1.29 is 33.7 Å². The van der Waals surface area contributed by atoms with Crippen LogP contribution in [0.25, 0.3) is 10.9 Å². The van der Waals surface area contributed by atoms with Crippen molar-refractivity contribution in [2.24, 2.45) is 5.92 Å². The first-order chi connectivity index (χ1) is 21.3. The molecule has 4 aromatic rings. The van der Waals surface area contributed by atoms with Gasteiger partial charge in [-0.1, -0.05) is 71.8 Å². The van der Waals surface area contributed by atoms with E-state index in [9.17, 15) is 24.0 Å². The molecule has 0 amide bonds. The second-order valence-electron chi connectivity index (χ2n) is 11.1. The third-order valence-electron chi connectivity index (χ3n) is 8.69. The molecule has 3 heterocycles. The maximum absolute atomic E-state index is 11.6. The van der Waals surface area contributed by atoms with Gasteiger partial charge in [-0.2, -0.15) is 4.89 Å². The summed E-state index contributed by atoms with van der Waals surface area (Å²) in [5.41, 5.74) is 2.96. The van der Waals surface area contributed by atoms with Crippen LogP contribution < -0.4 is 19.8 Å². The summed E-state index contributed by atoms with van der Waals surface area (Å²) in [4.78, 5) is 26.9. The van der Waals surface area contributed by atoms with E-state index in [1.54, 1.807) is 74.0 Å². The van der Waals surface area contributed by atoms with Gasteiger partial charge in [0.15, 0.2) is 0 Å². The summed E-state index contributed by atoms with van der Waals surface area (Å²) in [5.74, 6) is -0.495. The number of hydrogen-bond acceptors (Lipinski definition) is 7. The van der Waals surface area contributed by atoms with Gasteiger partial charge in [-0.3, -0.25) is 4.98 Å². The van der Waals surface area contributed by atoms with E-state index in [0.29, 0.717) is 23.1 Å². The molecule has 9 atom stereocenters. The third-order valence-corrected chi connectivity index (χ3v) is 10.4. The Labute approximate surface area is 259 Å². The first-order valence-corrected chi connectivity index (χ1v) is 17.1. The molecule has 0 radical (unpaired) electrons. The molecule has 2 bridgehead atoms. The van der Waals surface area contributed by atoms with Crippen molar-refractivity contribution in [1.82, 2.24) is 10.3 Å². The predicted molar refractivity (Wildman–Crippen MR) is 169 cm³/mol. The number of hydrogen-bond donors (Lipinski definition) is 4. The second-order valence-corrected chi connectivity index (χ2v) is 13.3. The Morgan fingerprint density at radius 3 is 2.27 bits per heavy atom. The minimum absolute atomic E-state index is 0.244. The van der Waals surface area contributed by atoms with Crippen LogP contribution >= 0.6 is 16.1 Å². The van der Waals surface area contributed by atoms with Gasteiger partial charge >= 0.3 is 16.1 Å². The van der Waals surface area contributed by atoms with E-state index in [4.69, 9.17) is 4.74 Å². The van der Waals surface area contributed by atoms with Gasteiger partial charge in [0.25, 0.3) is 5.78 Å². The van der Waals surface area contributed by atoms with Gasteiger partial charge in [-0.25, -0.2) is 5.32 Å². The van der Waals surface area contributed by atoms with Gasteiger partial charge in [0.1, 0.15) is 23.9 Å². The zero-order valence-electron chi connectivity index (χ0n) is 24.4. The van der Waals surface area contributed by atoms with E-state index in [-0.39, 0.29) is 6.04 Å². The van der Waals surface area contributed by atoms with Gasteiger partial charge in [-0.05, 0) is 40.5 Å². The highest BCUT2D eigenvalue weighted by Crippen LogP contribution is 2.41. The molecule has 2 aliphatic heterocycles. The second kappa shape index (κ2) is 14.6. The fraction of sp³-hybridized carbons (Fsp3) is 0.303. The highest BCUT2D eigenvalue weighted by Gasteiger charge is 2.51. The van der Waals surface area contributed by atoms with Crippen molar-refractivity contribution in [1.29, 1.82) is 0 Å². The molecule has 3 aromatic carbocycles. The molecule has 228 valence electrons. The SMILES string of the molecule is C=CC1C2CC[NH+]1[C@H]([C@H](O)c1ccnc3ccc(OC)cc13)C2.O=[P+]([O-])[C@H](N[C@H](c1ccccc1)[P+](=O)O)c1ccccc1. The molecule has 2 aliphatic rings. The number of fused-ring (bicyclic) bond motifs is 3. The Morgan fingerprint density at radius 2 is 1.70 bits per heavy atom. The normalized spacial score (nSPS) is 23.2. The number of nitrogens with zero attached hydrogens (tertiary/aromatic N) is 1. The summed E-state index contributed by atoms with van der Waals surface area (Å²) < 4.78 is 28.4. The van der Waals surface area contributed by atoms with Crippen LogP contribution in [-0.2, 0) is 9.13 Å². The lowest BCUT2D eigenvalue weighted by molar-refractivity contribution is -0.925. The summed E-state index contributed by atoms with van der Waals surface area (Å²) in [5, 5.41) is 14.8. The summed E-state index contributed by atoms with van der Waals surface area (Å²) in [7, 11) is -3.79. The van der Waals surface area contributed by atoms with Crippen molar-refractivity contribution >= 4 is 27.0 Å². The quantitative estimate of drug-likeness (QED) is 0.150. The van der Waals surface area contributed by atoms with E-state index in [1.165, 1.54) is 11.3 Å². The predicted octanol–water partition coefficient (Wildman–Crippen LogP) is 4.32. The lowest BCUT2D eigenvalue weighted by Crippen LogP contribution is -3.16. The summed E-state index contributed by atoms with van der Waals surface area (Å²) in [6, 6.07) is 25.7. The van der Waals surface area contributed by atoms with Crippen LogP contribution in [0.4, 0.5) is 0 Å². The standard InChI is InChI=1S/C19H22N2O2.C14H13NO4P2/c1-3-17-12-7-9-21(17)18(10-12)19(22)14-6-8-20-16-5-4-13(23-2)11-15(14)16;16-20(17)13(11-7-3-1-4-8-11)15-14(21(18)19)12-9-5-2-6-10-12/h3-6,8,11-12,17-19,22H,1,7,9-10H2,2H3;1-10,13-15H/p+2/t12?,17?,18-,19+;13-,14-/m00/s1. The highest BCUT2D eigenvalue weighted by molar-refractivity contribution is 7.39. The highest BCUT2D eigenvalue weighted by atomic mass is 31.1. The molecule has 1 aromatic heterocycles. The fourth-order valence-corrected chi connectivity index (χ4v) is 8.09. The molecule has 2 saturated heterocycles. The Kier molecular flexibility index (Phi) is 10.6. The number of benzene rings is 3. The molecule has 0 spiro atoms. The van der Waals surface area contributed by atoms with Crippen molar-refractivity contribution in [3.8, 4) is 5.75 Å². The Bertz CT molecular complexity index is 1550. The van der Waals surface area contributed by atoms with E-state index in [2.05, 4.69) is 23.0 Å². The van der Waals surface area contributed by atoms with Crippen LogP contribution in [-0.4, -0.2) is 40.7 Å². The van der Waals surface area contributed by atoms with Gasteiger partial charge in [-0.15, -0.1) is 0 Å². The van der Waals surface area contributed by atoms with Gasteiger partial charge in [0.2, 0.25) is 5.78 Å². The lowest BCUT2D eigenvalue weighted by Gasteiger charge is -2.28. The van der Waals surface area contributed by atoms with Crippen LogP contribution in [0.3, 0.4) is 0 Å². The third kappa shape index (κ3) is 6.96. The average Bonchev–Trinajstić information content (AvgIpc) is 3.62. The fourth-order valence-electron chi connectivity index (χ4n) is 6.59. The summed E-state index contributed by atoms with van der Waals surface area (Å²) in [6.07, 6.45) is 5.71. The maximum Gasteiger partial charge on any atom is 0.529 e. The van der Waals surface area contributed by atoms with Crippen molar-refractivity contribution in [3.05, 3.63) is 120 Å². The molecule has 6 rings (SSSR count). The minimum Gasteiger partial charge on any atom is -0.594 e. The van der Waals surface area contributed by atoms with Crippen molar-refractivity contribution in [2.75, 3.05) is 13.7 Å². The molecule has 11 heteroatoms. The van der Waals surface area contributed by atoms with E-state index in [0.717, 1.165) is 35.2 Å². The number of nitrogens with one attached hydrogen (secondary N) is 2. The maximum atomic E-state index is 11.6. The molecular weight excluding hydrogens is 596 g/mol. The molecule has 5 unspecified atom stereocenters. The number of quaternary nitrogens is 1. The number of piperidine rings is 1. The molecule has 4 N–H and O–H groups in total. The molecule has 0 saturated carbocycles. The van der Waals surface area contributed by atoms with Gasteiger partial charge < -0.3 is 19.6 Å². The molecule has 0 aliphatic carbocycles. The Morgan fingerprint density at radius 1 is 1.05 bits per heavy atom. The largest absolute Gasteiger partial charge is 0.594 e. The van der Waals surface area contributed by atoms with Crippen molar-refractivity contribution in [3.63, 3.8) is 0 Å². The topological polar surface area (TPSA) is 136 Å². The van der Waals surface area contributed by atoms with Crippen LogP contribution in [0.1, 0.15) is 47.2 Å². The minimum atomic E-state index is -2.84. The first-order valence-electron chi connectivity index (χ1n) is 14.6. The van der Waals surface area contributed by atoms with E-state index >= 15 is 0 Å². The summed E-state index contributed by atoms with van der Waals surface area (Å²) >= 11 is 0. The zero-order chi connectivity index (χ0) is 31.2. The summed E-state index contributed by atoms with van der Waals surface area (Å²) in [6.45, 7) is 5.13. The van der Waals surface area contributed by atoms with Gasteiger partial charge in [0.05, 0.1) is 19.2 Å². The Hall–Kier alpha value is -3.39. The van der Waals surface area contributed by atoms with Crippen LogP contribution in [0.15, 0.2) is 104 Å². The van der Waals surface area contributed by atoms with Crippen LogP contribution in [0.5, 0.6) is 5.75 Å². The van der Waals surface area contributed by atoms with Crippen LogP contribution in [0.2, 0.25) is 0 Å². The molecule has 2 fully saturated rings. The zero-order valence-corrected chi connectivity index (χ0v) is 26.2. The number of methoxy groups -OCH3 is 1. The van der Waals surface area contributed by atoms with Crippen LogP contribution in [0, 0.1) is 5.92 Å². The monoisotopic (exact) mass is 633 g/mol. The number of ether oxygens (including phenoxy) is 1. The molecule has 44 heavy (non-hydrogen) atoms. The molecule has 9 nitrogen and oxygen atoms in total. The first kappa shape index (κ1) is 32.0. The average molecular weight is 634 g/mol. The lowest BCUT2D eigenvalue weighted by atomic mass is 9.90. The van der Waals surface area contributed by atoms with E-state index < -0.39 is 33.7 Å². The van der Waals surface area contributed by atoms with Gasteiger partial charge in [0, 0.05) is 41.5 Å². The van der Waals surface area contributed by atoms with Crippen molar-refractivity contribution in [2.45, 2.75) is 42.6 Å². The number of aliphatic hydroxyl groups excluding tert-OH is 1. The number of rotatable bonds is 10. The smallest absolute Gasteiger partial charge is 0.529 e. The number of pyridine rings is 1. The Balaban J connectivity index is 0.000000176. The molecular formula is C33H37N3O6P2+2. The van der Waals surface area contributed by atoms with E-state index in [1.807, 2.05) is 24.3 Å². The number of aromatic nitrogens is 1.